The van der Waals surface area contributed by atoms with Crippen molar-refractivity contribution in [2.45, 2.75) is 67.5 Å². The lowest BCUT2D eigenvalue weighted by Gasteiger charge is -2.41. The molecule has 3 aromatic rings. The molecular weight excluding hydrogens is 720 g/mol. The van der Waals surface area contributed by atoms with E-state index in [2.05, 4.69) is 0 Å². The molecule has 3 aliphatic heterocycles. The SMILES string of the molecule is O=C(C=Cc1ccc(O)c(O)c1)OCC1OC(OC2=Cc3c(cc(O)cc3OC3OC(CO)C(O)C(O)C3O)OC2c2ccc(O)cc2)C(O)C(O)C1O. The molecule has 18 heteroatoms. The van der Waals surface area contributed by atoms with Gasteiger partial charge in [-0.25, -0.2) is 4.79 Å². The average Bonchev–Trinajstić information content (AvgIpc) is 3.15. The summed E-state index contributed by atoms with van der Waals surface area (Å²) in [5, 5.41) is 113. The number of aliphatic hydroxyl groups excluding tert-OH is 7. The predicted molar refractivity (Wildman–Crippen MR) is 179 cm³/mol. The first-order valence-electron chi connectivity index (χ1n) is 16.5. The van der Waals surface area contributed by atoms with Gasteiger partial charge in [0.05, 0.1) is 12.2 Å². The molecule has 0 aromatic heterocycles. The zero-order chi connectivity index (χ0) is 38.8. The molecule has 3 aliphatic rings. The number of rotatable bonds is 10. The van der Waals surface area contributed by atoms with Gasteiger partial charge in [-0.15, -0.1) is 0 Å². The third-order valence-electron chi connectivity index (χ3n) is 8.89. The number of aromatic hydroxyl groups is 4. The van der Waals surface area contributed by atoms with Crippen LogP contribution in [0.4, 0.5) is 0 Å². The average molecular weight is 759 g/mol. The Morgan fingerprint density at radius 3 is 2.02 bits per heavy atom. The summed E-state index contributed by atoms with van der Waals surface area (Å²) in [5.74, 6) is -2.42. The van der Waals surface area contributed by atoms with Gasteiger partial charge in [-0.3, -0.25) is 0 Å². The van der Waals surface area contributed by atoms with Crippen LogP contribution in [0.15, 0.2) is 66.4 Å². The molecule has 0 radical (unpaired) electrons. The second kappa shape index (κ2) is 16.1. The number of carbonyl (C=O) groups is 1. The largest absolute Gasteiger partial charge is 0.508 e. The molecule has 11 unspecified atom stereocenters. The van der Waals surface area contributed by atoms with Crippen molar-refractivity contribution in [3.63, 3.8) is 0 Å². The summed E-state index contributed by atoms with van der Waals surface area (Å²) in [6.45, 7) is -1.35. The Morgan fingerprint density at radius 2 is 1.35 bits per heavy atom. The molecule has 11 N–H and O–H groups in total. The topological polar surface area (TPSA) is 295 Å². The minimum Gasteiger partial charge on any atom is -0.508 e. The molecular formula is C36H38O18. The summed E-state index contributed by atoms with van der Waals surface area (Å²) in [6.07, 6.45) is -14.4. The highest BCUT2D eigenvalue weighted by molar-refractivity contribution is 5.87. The highest BCUT2D eigenvalue weighted by atomic mass is 16.7. The van der Waals surface area contributed by atoms with Crippen LogP contribution in [0.3, 0.4) is 0 Å². The van der Waals surface area contributed by atoms with Crippen LogP contribution in [0.1, 0.15) is 22.8 Å². The van der Waals surface area contributed by atoms with Crippen LogP contribution in [-0.2, 0) is 23.7 Å². The lowest BCUT2D eigenvalue weighted by molar-refractivity contribution is -0.294. The number of aliphatic hydroxyl groups is 7. The van der Waals surface area contributed by atoms with Gasteiger partial charge in [-0.05, 0) is 42.0 Å². The number of esters is 1. The van der Waals surface area contributed by atoms with Gasteiger partial charge in [0.15, 0.2) is 17.6 Å². The van der Waals surface area contributed by atoms with Crippen molar-refractivity contribution in [2.24, 2.45) is 0 Å². The second-order valence-electron chi connectivity index (χ2n) is 12.7. The Kier molecular flexibility index (Phi) is 11.5. The van der Waals surface area contributed by atoms with Gasteiger partial charge in [0.1, 0.15) is 84.2 Å². The minimum absolute atomic E-state index is 0.000874. The Labute approximate surface area is 305 Å². The van der Waals surface area contributed by atoms with Crippen molar-refractivity contribution in [3.05, 3.63) is 83.1 Å². The molecule has 2 fully saturated rings. The standard InChI is InChI=1S/C36H38O18/c37-13-25-28(43)30(45)32(47)35(53-25)51-23-11-18(39)10-22-19(23)12-24(34(50-22)16-3-5-17(38)6-4-16)52-36-33(48)31(46)29(44)26(54-36)14-49-27(42)8-2-15-1-7-20(40)21(41)9-15/h1-12,25-26,28-41,43-48H,13-14H2. The van der Waals surface area contributed by atoms with Crippen LogP contribution < -0.4 is 9.47 Å². The summed E-state index contributed by atoms with van der Waals surface area (Å²) in [6, 6.07) is 11.9. The molecule has 3 heterocycles. The van der Waals surface area contributed by atoms with Crippen LogP contribution in [0.2, 0.25) is 0 Å². The Balaban J connectivity index is 1.26. The number of hydrogen-bond donors (Lipinski definition) is 11. The quantitative estimate of drug-likeness (QED) is 0.0688. The number of phenolic OH excluding ortho intramolecular Hbond substituents is 4. The highest BCUT2D eigenvalue weighted by Crippen LogP contribution is 2.46. The van der Waals surface area contributed by atoms with E-state index in [1.54, 1.807) is 0 Å². The molecule has 18 nitrogen and oxygen atoms in total. The number of carbonyl (C=O) groups excluding carboxylic acids is 1. The van der Waals surface area contributed by atoms with Gasteiger partial charge in [0.2, 0.25) is 12.6 Å². The molecule has 0 bridgehead atoms. The Bertz CT molecular complexity index is 1860. The van der Waals surface area contributed by atoms with Crippen molar-refractivity contribution < 1.29 is 89.4 Å². The zero-order valence-electron chi connectivity index (χ0n) is 28.0. The van der Waals surface area contributed by atoms with E-state index in [4.69, 9.17) is 28.4 Å². The summed E-state index contributed by atoms with van der Waals surface area (Å²) < 4.78 is 34.5. The molecule has 290 valence electrons. The van der Waals surface area contributed by atoms with E-state index in [-0.39, 0.29) is 40.1 Å². The number of fused-ring (bicyclic) bond motifs is 1. The fourth-order valence-corrected chi connectivity index (χ4v) is 5.90. The number of benzene rings is 3. The molecule has 54 heavy (non-hydrogen) atoms. The first-order chi connectivity index (χ1) is 25.7. The highest BCUT2D eigenvalue weighted by Gasteiger charge is 2.47. The van der Waals surface area contributed by atoms with Gasteiger partial charge >= 0.3 is 5.97 Å². The molecule has 0 spiro atoms. The van der Waals surface area contributed by atoms with Gasteiger partial charge in [0, 0.05) is 23.8 Å². The minimum atomic E-state index is -1.87. The van der Waals surface area contributed by atoms with E-state index in [1.165, 1.54) is 60.7 Å². The lowest BCUT2D eigenvalue weighted by atomic mass is 9.98. The molecule has 6 rings (SSSR count). The predicted octanol–water partition coefficient (Wildman–Crippen LogP) is -0.757. The molecule has 2 saturated heterocycles. The number of hydrogen-bond acceptors (Lipinski definition) is 18. The van der Waals surface area contributed by atoms with Gasteiger partial charge in [0.25, 0.3) is 0 Å². The van der Waals surface area contributed by atoms with Gasteiger partial charge < -0.3 is 84.6 Å². The van der Waals surface area contributed by atoms with Crippen molar-refractivity contribution >= 4 is 18.1 Å². The second-order valence-corrected chi connectivity index (χ2v) is 12.7. The van der Waals surface area contributed by atoms with E-state index < -0.39 is 92.4 Å². The lowest BCUT2D eigenvalue weighted by Crippen LogP contribution is -2.60. The summed E-state index contributed by atoms with van der Waals surface area (Å²) >= 11 is 0. The Morgan fingerprint density at radius 1 is 0.704 bits per heavy atom. The smallest absolute Gasteiger partial charge is 0.330 e. The van der Waals surface area contributed by atoms with E-state index in [9.17, 15) is 61.0 Å². The zero-order valence-corrected chi connectivity index (χ0v) is 28.0. The third kappa shape index (κ3) is 8.16. The van der Waals surface area contributed by atoms with Crippen LogP contribution >= 0.6 is 0 Å². The number of phenols is 4. The first kappa shape index (κ1) is 38.6. The third-order valence-corrected chi connectivity index (χ3v) is 8.89. The first-order valence-corrected chi connectivity index (χ1v) is 16.5. The summed E-state index contributed by atoms with van der Waals surface area (Å²) in [5.41, 5.74) is 0.808. The van der Waals surface area contributed by atoms with E-state index in [1.807, 2.05) is 0 Å². The van der Waals surface area contributed by atoms with Crippen molar-refractivity contribution in [1.82, 2.24) is 0 Å². The molecule has 0 aliphatic carbocycles. The fraction of sp³-hybridized carbons (Fsp3) is 0.361. The van der Waals surface area contributed by atoms with Gasteiger partial charge in [-0.2, -0.15) is 0 Å². The maximum Gasteiger partial charge on any atom is 0.330 e. The van der Waals surface area contributed by atoms with Crippen LogP contribution in [0.25, 0.3) is 12.2 Å². The molecule has 3 aromatic carbocycles. The summed E-state index contributed by atoms with van der Waals surface area (Å²) in [4.78, 5) is 12.5. The monoisotopic (exact) mass is 758 g/mol. The van der Waals surface area contributed by atoms with Crippen LogP contribution in [-0.4, -0.2) is 137 Å². The fourth-order valence-electron chi connectivity index (χ4n) is 5.90. The molecule has 0 amide bonds. The van der Waals surface area contributed by atoms with Crippen molar-refractivity contribution in [2.75, 3.05) is 13.2 Å². The maximum absolute atomic E-state index is 12.5. The summed E-state index contributed by atoms with van der Waals surface area (Å²) in [7, 11) is 0. The molecule has 11 atom stereocenters. The maximum atomic E-state index is 12.5. The number of ether oxygens (including phenoxy) is 6. The Hall–Kier alpha value is -5.15. The van der Waals surface area contributed by atoms with E-state index in [0.717, 1.165) is 12.1 Å². The molecule has 0 saturated carbocycles. The van der Waals surface area contributed by atoms with Crippen molar-refractivity contribution in [1.29, 1.82) is 0 Å². The van der Waals surface area contributed by atoms with E-state index in [0.29, 0.717) is 11.1 Å². The van der Waals surface area contributed by atoms with Crippen LogP contribution in [0.5, 0.6) is 34.5 Å². The van der Waals surface area contributed by atoms with E-state index >= 15 is 0 Å². The van der Waals surface area contributed by atoms with Crippen molar-refractivity contribution in [3.8, 4) is 34.5 Å². The normalized spacial score (nSPS) is 30.9. The van der Waals surface area contributed by atoms with Gasteiger partial charge in [-0.1, -0.05) is 18.2 Å². The van der Waals surface area contributed by atoms with Crippen LogP contribution in [0, 0.1) is 0 Å².